The summed E-state index contributed by atoms with van der Waals surface area (Å²) in [5, 5.41) is 1.01. The Morgan fingerprint density at radius 1 is 1.33 bits per heavy atom. The number of hydrogen-bond donors (Lipinski definition) is 0. The Labute approximate surface area is 128 Å². The Morgan fingerprint density at radius 3 is 2.71 bits per heavy atom. The van der Waals surface area contributed by atoms with E-state index in [1.807, 2.05) is 47.8 Å². The lowest BCUT2D eigenvalue weighted by Gasteiger charge is -2.31. The summed E-state index contributed by atoms with van der Waals surface area (Å²) in [4.78, 5) is 16.1. The van der Waals surface area contributed by atoms with Crippen LogP contribution >= 0.6 is 11.3 Å². The number of ether oxygens (including phenoxy) is 1. The molecule has 2 aromatic rings. The fraction of sp³-hybridized carbons (Fsp3) is 0.438. The van der Waals surface area contributed by atoms with Crippen molar-refractivity contribution in [3.63, 3.8) is 0 Å². The fourth-order valence-corrected chi connectivity index (χ4v) is 3.79. The minimum Gasteiger partial charge on any atom is -0.375 e. The first-order valence-corrected chi connectivity index (χ1v) is 8.03. The predicted octanol–water partition coefficient (Wildman–Crippen LogP) is 3.02. The van der Waals surface area contributed by atoms with Gasteiger partial charge in [0.25, 0.3) is 5.91 Å². The molecule has 5 heteroatoms. The maximum absolute atomic E-state index is 13.0. The topological polar surface area (TPSA) is 34.5 Å². The number of nitrogens with zero attached hydrogens (tertiary/aromatic N) is 2. The quantitative estimate of drug-likeness (QED) is 0.855. The Kier molecular flexibility index (Phi) is 3.87. The van der Waals surface area contributed by atoms with E-state index in [4.69, 9.17) is 4.74 Å². The summed E-state index contributed by atoms with van der Waals surface area (Å²) in [7, 11) is 0. The van der Waals surface area contributed by atoms with Gasteiger partial charge in [-0.15, -0.1) is 11.3 Å². The van der Waals surface area contributed by atoms with Crippen LogP contribution in [0.25, 0.3) is 5.00 Å². The Hall–Kier alpha value is -1.59. The zero-order valence-corrected chi connectivity index (χ0v) is 13.4. The number of thiophene rings is 1. The molecule has 3 rings (SSSR count). The first-order valence-electron chi connectivity index (χ1n) is 7.22. The normalized spacial score (nSPS) is 19.0. The summed E-state index contributed by atoms with van der Waals surface area (Å²) in [6, 6.07) is 3.96. The molecule has 3 heterocycles. The van der Waals surface area contributed by atoms with Crippen LogP contribution in [0.5, 0.6) is 0 Å². The third-order valence-corrected chi connectivity index (χ3v) is 5.17. The van der Waals surface area contributed by atoms with Crippen molar-refractivity contribution in [2.45, 2.75) is 26.9 Å². The van der Waals surface area contributed by atoms with Gasteiger partial charge in [0.2, 0.25) is 0 Å². The second-order valence-electron chi connectivity index (χ2n) is 5.49. The molecule has 0 unspecified atom stereocenters. The van der Waals surface area contributed by atoms with Crippen LogP contribution in [0.15, 0.2) is 24.5 Å². The maximum atomic E-state index is 13.0. The van der Waals surface area contributed by atoms with E-state index in [-0.39, 0.29) is 12.0 Å². The number of carbonyl (C=O) groups is 1. The van der Waals surface area contributed by atoms with E-state index < -0.39 is 0 Å². The van der Waals surface area contributed by atoms with Gasteiger partial charge in [0.15, 0.2) is 0 Å². The smallest absolute Gasteiger partial charge is 0.257 e. The minimum absolute atomic E-state index is 0.109. The van der Waals surface area contributed by atoms with Crippen molar-refractivity contribution in [1.82, 2.24) is 9.47 Å². The van der Waals surface area contributed by atoms with E-state index in [2.05, 4.69) is 6.92 Å². The van der Waals surface area contributed by atoms with Gasteiger partial charge in [-0.2, -0.15) is 0 Å². The highest BCUT2D eigenvalue weighted by Gasteiger charge is 2.28. The van der Waals surface area contributed by atoms with E-state index in [0.29, 0.717) is 19.7 Å². The van der Waals surface area contributed by atoms with Gasteiger partial charge in [0.1, 0.15) is 5.00 Å². The molecule has 1 atom stereocenters. The van der Waals surface area contributed by atoms with Gasteiger partial charge in [-0.25, -0.2) is 0 Å². The molecule has 0 spiro atoms. The van der Waals surface area contributed by atoms with Crippen molar-refractivity contribution in [3.05, 3.63) is 40.5 Å². The molecule has 1 aliphatic rings. The molecule has 4 nitrogen and oxygen atoms in total. The lowest BCUT2D eigenvalue weighted by Crippen LogP contribution is -2.44. The summed E-state index contributed by atoms with van der Waals surface area (Å²) in [6.07, 6.45) is 4.09. The first kappa shape index (κ1) is 14.4. The second kappa shape index (κ2) is 5.66. The van der Waals surface area contributed by atoms with Gasteiger partial charge in [0, 0.05) is 30.4 Å². The Bertz CT molecular complexity index is 646. The van der Waals surface area contributed by atoms with Crippen LogP contribution in [0.4, 0.5) is 0 Å². The van der Waals surface area contributed by atoms with E-state index in [0.717, 1.165) is 16.1 Å². The maximum Gasteiger partial charge on any atom is 0.257 e. The van der Waals surface area contributed by atoms with Crippen molar-refractivity contribution in [2.75, 3.05) is 19.7 Å². The average Bonchev–Trinajstić information content (AvgIpc) is 3.08. The van der Waals surface area contributed by atoms with Crippen molar-refractivity contribution in [3.8, 4) is 5.00 Å². The largest absolute Gasteiger partial charge is 0.375 e. The molecule has 0 aromatic carbocycles. The van der Waals surface area contributed by atoms with Crippen LogP contribution in [0.1, 0.15) is 27.7 Å². The van der Waals surface area contributed by atoms with Crippen LogP contribution in [-0.2, 0) is 4.74 Å². The van der Waals surface area contributed by atoms with Crippen LogP contribution in [-0.4, -0.2) is 41.2 Å². The zero-order valence-electron chi connectivity index (χ0n) is 12.6. The van der Waals surface area contributed by atoms with Gasteiger partial charge < -0.3 is 14.2 Å². The Balaban J connectivity index is 1.99. The molecular formula is C16H20N2O2S. The van der Waals surface area contributed by atoms with E-state index in [1.165, 1.54) is 4.88 Å². The van der Waals surface area contributed by atoms with Gasteiger partial charge in [-0.05, 0) is 38.5 Å². The molecule has 1 amide bonds. The van der Waals surface area contributed by atoms with Gasteiger partial charge >= 0.3 is 0 Å². The van der Waals surface area contributed by atoms with Gasteiger partial charge in [-0.3, -0.25) is 4.79 Å². The Morgan fingerprint density at radius 2 is 2.05 bits per heavy atom. The molecule has 0 bridgehead atoms. The van der Waals surface area contributed by atoms with Crippen molar-refractivity contribution in [2.24, 2.45) is 0 Å². The van der Waals surface area contributed by atoms with Gasteiger partial charge in [0.05, 0.1) is 18.3 Å². The molecule has 0 saturated carbocycles. The van der Waals surface area contributed by atoms with Crippen LogP contribution in [0.2, 0.25) is 0 Å². The zero-order chi connectivity index (χ0) is 15.0. The van der Waals surface area contributed by atoms with Crippen LogP contribution < -0.4 is 0 Å². The molecular weight excluding hydrogens is 284 g/mol. The monoisotopic (exact) mass is 304 g/mol. The van der Waals surface area contributed by atoms with Gasteiger partial charge in [-0.1, -0.05) is 0 Å². The number of rotatable bonds is 2. The van der Waals surface area contributed by atoms with E-state index in [9.17, 15) is 4.79 Å². The third-order valence-electron chi connectivity index (χ3n) is 3.95. The second-order valence-corrected chi connectivity index (χ2v) is 6.69. The van der Waals surface area contributed by atoms with Crippen LogP contribution in [0.3, 0.4) is 0 Å². The summed E-state index contributed by atoms with van der Waals surface area (Å²) >= 11 is 1.68. The number of amides is 1. The highest BCUT2D eigenvalue weighted by atomic mass is 32.1. The highest BCUT2D eigenvalue weighted by molar-refractivity contribution is 7.15. The van der Waals surface area contributed by atoms with E-state index in [1.54, 1.807) is 11.3 Å². The molecule has 1 fully saturated rings. The third kappa shape index (κ3) is 2.63. The number of aromatic nitrogens is 1. The standard InChI is InChI=1S/C16H20N2O2S/c1-11-10-18(8-9-20-11)15(19)14-12(2)13(3)21-16(14)17-6-4-5-7-17/h4-7,11H,8-10H2,1-3H3/t11-/m0/s1. The first-order chi connectivity index (χ1) is 10.1. The molecule has 112 valence electrons. The predicted molar refractivity (Wildman–Crippen MR) is 84.4 cm³/mol. The SMILES string of the molecule is Cc1sc(-n2cccc2)c(C(=O)N2CCO[C@@H](C)C2)c1C. The molecule has 0 aliphatic carbocycles. The van der Waals surface area contributed by atoms with E-state index >= 15 is 0 Å². The summed E-state index contributed by atoms with van der Waals surface area (Å²) in [6.45, 7) is 8.08. The fourth-order valence-electron chi connectivity index (χ4n) is 2.67. The molecule has 1 aliphatic heterocycles. The molecule has 2 aromatic heterocycles. The molecule has 0 N–H and O–H groups in total. The molecule has 1 saturated heterocycles. The highest BCUT2D eigenvalue weighted by Crippen LogP contribution is 2.32. The van der Waals surface area contributed by atoms with Crippen molar-refractivity contribution >= 4 is 17.2 Å². The van der Waals surface area contributed by atoms with Crippen molar-refractivity contribution in [1.29, 1.82) is 0 Å². The molecule has 0 radical (unpaired) electrons. The summed E-state index contributed by atoms with van der Waals surface area (Å²) in [5.74, 6) is 0.121. The average molecular weight is 304 g/mol. The molecule has 21 heavy (non-hydrogen) atoms. The number of morpholine rings is 1. The lowest BCUT2D eigenvalue weighted by molar-refractivity contribution is -0.0124. The van der Waals surface area contributed by atoms with Crippen molar-refractivity contribution < 1.29 is 9.53 Å². The lowest BCUT2D eigenvalue weighted by atomic mass is 10.1. The number of aryl methyl sites for hydroxylation is 1. The summed E-state index contributed by atoms with van der Waals surface area (Å²) in [5.41, 5.74) is 1.93. The number of carbonyl (C=O) groups excluding carboxylic acids is 1. The summed E-state index contributed by atoms with van der Waals surface area (Å²) < 4.78 is 7.57. The minimum atomic E-state index is 0.109. The van der Waals surface area contributed by atoms with Crippen LogP contribution in [0, 0.1) is 13.8 Å². The number of hydrogen-bond acceptors (Lipinski definition) is 3.